The van der Waals surface area contributed by atoms with Crippen LogP contribution in [-0.4, -0.2) is 17.3 Å². The standard InChI is InChI=1S/C6Cl10/c7-1-2(8)4(11,12)6(15,16)5(13,14)3(1,9)10. The maximum absolute atomic E-state index is 5.89. The van der Waals surface area contributed by atoms with E-state index in [1.807, 2.05) is 0 Å². The van der Waals surface area contributed by atoms with Gasteiger partial charge in [-0.15, -0.1) is 0 Å². The maximum Gasteiger partial charge on any atom is 0.192 e. The van der Waals surface area contributed by atoms with Crippen molar-refractivity contribution in [3.05, 3.63) is 10.1 Å². The smallest absolute Gasteiger partial charge is 0.0943 e. The highest BCUT2D eigenvalue weighted by molar-refractivity contribution is 6.78. The summed E-state index contributed by atoms with van der Waals surface area (Å²) in [4.78, 5) is 0. The molecular formula is C6Cl10. The quantitative estimate of drug-likeness (QED) is 0.394. The molecule has 0 aromatic heterocycles. The van der Waals surface area contributed by atoms with Gasteiger partial charge in [-0.05, 0) is 0 Å². The van der Waals surface area contributed by atoms with Gasteiger partial charge in [0.25, 0.3) is 0 Å². The van der Waals surface area contributed by atoms with Gasteiger partial charge in [0.05, 0.1) is 10.1 Å². The minimum Gasteiger partial charge on any atom is -0.0943 e. The van der Waals surface area contributed by atoms with Crippen molar-refractivity contribution in [3.8, 4) is 0 Å². The Labute approximate surface area is 142 Å². The molecule has 0 atom stereocenters. The van der Waals surface area contributed by atoms with Crippen LogP contribution in [0.4, 0.5) is 0 Å². The molecule has 10 heteroatoms. The Kier molecular flexibility index (Phi) is 4.78. The number of alkyl halides is 8. The third-order valence-electron chi connectivity index (χ3n) is 1.93. The van der Waals surface area contributed by atoms with Crippen molar-refractivity contribution in [3.63, 3.8) is 0 Å². The van der Waals surface area contributed by atoms with E-state index in [9.17, 15) is 0 Å². The fourth-order valence-corrected chi connectivity index (χ4v) is 4.18. The second-order valence-corrected chi connectivity index (χ2v) is 8.99. The van der Waals surface area contributed by atoms with Crippen molar-refractivity contribution in [2.45, 2.75) is 17.3 Å². The molecule has 0 N–H and O–H groups in total. The predicted molar refractivity (Wildman–Crippen MR) is 76.5 cm³/mol. The molecule has 94 valence electrons. The maximum atomic E-state index is 5.89. The first-order valence-corrected chi connectivity index (χ1v) is 7.17. The van der Waals surface area contributed by atoms with Gasteiger partial charge in [0.2, 0.25) is 0 Å². The summed E-state index contributed by atoms with van der Waals surface area (Å²) in [5, 5.41) is -0.686. The van der Waals surface area contributed by atoms with E-state index in [2.05, 4.69) is 0 Å². The van der Waals surface area contributed by atoms with Crippen LogP contribution in [-0.2, 0) is 0 Å². The lowest BCUT2D eigenvalue weighted by atomic mass is 10.0. The summed E-state index contributed by atoms with van der Waals surface area (Å²) in [7, 11) is 0. The van der Waals surface area contributed by atoms with Crippen molar-refractivity contribution < 1.29 is 0 Å². The summed E-state index contributed by atoms with van der Waals surface area (Å²) in [6.07, 6.45) is 0. The van der Waals surface area contributed by atoms with Gasteiger partial charge in [0.1, 0.15) is 0 Å². The molecule has 0 fully saturated rings. The third-order valence-corrected chi connectivity index (χ3v) is 8.67. The lowest BCUT2D eigenvalue weighted by Gasteiger charge is -2.50. The van der Waals surface area contributed by atoms with E-state index in [4.69, 9.17) is 116 Å². The molecule has 0 spiro atoms. The molecule has 0 aromatic rings. The lowest BCUT2D eigenvalue weighted by Crippen LogP contribution is -2.62. The highest BCUT2D eigenvalue weighted by atomic mass is 35.6. The second-order valence-electron chi connectivity index (χ2n) is 2.93. The Morgan fingerprint density at radius 1 is 0.500 bits per heavy atom. The first-order valence-electron chi connectivity index (χ1n) is 3.39. The monoisotopic (exact) mass is 422 g/mol. The molecule has 0 nitrogen and oxygen atoms in total. The van der Waals surface area contributed by atoms with E-state index in [-0.39, 0.29) is 10.1 Å². The molecule has 0 unspecified atom stereocenters. The van der Waals surface area contributed by atoms with Gasteiger partial charge >= 0.3 is 0 Å². The fourth-order valence-electron chi connectivity index (χ4n) is 0.946. The lowest BCUT2D eigenvalue weighted by molar-refractivity contribution is 0.577. The van der Waals surface area contributed by atoms with Gasteiger partial charge in [-0.1, -0.05) is 116 Å². The Bertz CT molecular complexity index is 316. The summed E-state index contributed by atoms with van der Waals surface area (Å²) in [5.74, 6) is 0. The average molecular weight is 427 g/mol. The first kappa shape index (κ1) is 16.7. The molecule has 1 aliphatic rings. The molecule has 16 heavy (non-hydrogen) atoms. The van der Waals surface area contributed by atoms with Crippen molar-refractivity contribution in [2.24, 2.45) is 0 Å². The summed E-state index contributed by atoms with van der Waals surface area (Å²) in [6, 6.07) is 0. The molecule has 0 bridgehead atoms. The molecular weight excluding hydrogens is 427 g/mol. The number of hydrogen-bond donors (Lipinski definition) is 0. The largest absolute Gasteiger partial charge is 0.192 e. The highest BCUT2D eigenvalue weighted by Crippen LogP contribution is 2.69. The van der Waals surface area contributed by atoms with E-state index < -0.39 is 17.3 Å². The first-order chi connectivity index (χ1) is 6.82. The minimum absolute atomic E-state index is 0.343. The summed E-state index contributed by atoms with van der Waals surface area (Å²) in [5.41, 5.74) is 0. The molecule has 0 aromatic carbocycles. The minimum atomic E-state index is -2.18. The SMILES string of the molecule is ClC1=C(Cl)C(Cl)(Cl)C(Cl)(Cl)C(Cl)(Cl)C1(Cl)Cl. The van der Waals surface area contributed by atoms with Crippen molar-refractivity contribution in [1.29, 1.82) is 0 Å². The van der Waals surface area contributed by atoms with Crippen molar-refractivity contribution in [2.75, 3.05) is 0 Å². The van der Waals surface area contributed by atoms with Gasteiger partial charge in [0.15, 0.2) is 17.3 Å². The van der Waals surface area contributed by atoms with Crippen molar-refractivity contribution in [1.82, 2.24) is 0 Å². The number of rotatable bonds is 0. The number of allylic oxidation sites excluding steroid dienone is 2. The number of halogens is 10. The Hall–Kier alpha value is 2.64. The zero-order valence-corrected chi connectivity index (χ0v) is 14.3. The summed E-state index contributed by atoms with van der Waals surface area (Å²) in [6.45, 7) is 0. The van der Waals surface area contributed by atoms with Crippen LogP contribution in [0.1, 0.15) is 0 Å². The van der Waals surface area contributed by atoms with E-state index in [1.54, 1.807) is 0 Å². The average Bonchev–Trinajstić information content (AvgIpc) is 2.12. The van der Waals surface area contributed by atoms with E-state index >= 15 is 0 Å². The van der Waals surface area contributed by atoms with Gasteiger partial charge in [0, 0.05) is 0 Å². The van der Waals surface area contributed by atoms with Crippen molar-refractivity contribution >= 4 is 116 Å². The topological polar surface area (TPSA) is 0 Å². The van der Waals surface area contributed by atoms with Crippen LogP contribution >= 0.6 is 116 Å². The van der Waals surface area contributed by atoms with Gasteiger partial charge < -0.3 is 0 Å². The van der Waals surface area contributed by atoms with Crippen LogP contribution in [0, 0.1) is 0 Å². The highest BCUT2D eigenvalue weighted by Gasteiger charge is 2.74. The van der Waals surface area contributed by atoms with E-state index in [1.165, 1.54) is 0 Å². The molecule has 1 rings (SSSR count). The molecule has 1 aliphatic carbocycles. The normalized spacial score (nSPS) is 30.4. The van der Waals surface area contributed by atoms with Crippen LogP contribution in [0.2, 0.25) is 0 Å². The molecule has 0 aliphatic heterocycles. The Morgan fingerprint density at radius 3 is 0.875 bits per heavy atom. The van der Waals surface area contributed by atoms with Crippen LogP contribution in [0.15, 0.2) is 10.1 Å². The Balaban J connectivity index is 3.64. The Morgan fingerprint density at radius 2 is 0.688 bits per heavy atom. The van der Waals surface area contributed by atoms with Crippen LogP contribution in [0.3, 0.4) is 0 Å². The zero-order chi connectivity index (χ0) is 13.2. The molecule has 0 saturated heterocycles. The van der Waals surface area contributed by atoms with Crippen LogP contribution in [0.25, 0.3) is 0 Å². The fraction of sp³-hybridized carbons (Fsp3) is 0.667. The van der Waals surface area contributed by atoms with Crippen LogP contribution < -0.4 is 0 Å². The molecule has 0 amide bonds. The van der Waals surface area contributed by atoms with Gasteiger partial charge in [-0.2, -0.15) is 0 Å². The van der Waals surface area contributed by atoms with Gasteiger partial charge in [-0.25, -0.2) is 0 Å². The number of hydrogen-bond acceptors (Lipinski definition) is 0. The summed E-state index contributed by atoms with van der Waals surface area (Å²) < 4.78 is -8.45. The van der Waals surface area contributed by atoms with E-state index in [0.717, 1.165) is 0 Å². The predicted octanol–water partition coefficient (Wildman–Crippen LogP) is 6.38. The van der Waals surface area contributed by atoms with Gasteiger partial charge in [-0.3, -0.25) is 0 Å². The van der Waals surface area contributed by atoms with Crippen LogP contribution in [0.5, 0.6) is 0 Å². The molecule has 0 heterocycles. The van der Waals surface area contributed by atoms with E-state index in [0.29, 0.717) is 0 Å². The molecule has 0 saturated carbocycles. The second kappa shape index (κ2) is 4.58. The molecule has 0 radical (unpaired) electrons. The zero-order valence-electron chi connectivity index (χ0n) is 6.78. The third kappa shape index (κ3) is 1.95. The summed E-state index contributed by atoms with van der Waals surface area (Å²) >= 11 is 58.6.